The number of aliphatic hydroxyl groups excluding tert-OH is 1. The van der Waals surface area contributed by atoms with Crippen LogP contribution in [-0.4, -0.2) is 14.7 Å². The number of hydrogen-bond donors (Lipinski definition) is 1. The number of para-hydroxylation sites is 2. The summed E-state index contributed by atoms with van der Waals surface area (Å²) in [7, 11) is 1.91. The van der Waals surface area contributed by atoms with E-state index in [1.807, 2.05) is 35.9 Å². The second-order valence-electron chi connectivity index (χ2n) is 5.27. The van der Waals surface area contributed by atoms with Gasteiger partial charge < -0.3 is 9.67 Å². The number of aliphatic hydroxyl groups is 1. The molecule has 0 aliphatic carbocycles. The molecule has 1 unspecified atom stereocenters. The fraction of sp³-hybridized carbons (Fsp3) is 0.235. The molecule has 0 aliphatic rings. The molecule has 3 rings (SSSR count). The highest BCUT2D eigenvalue weighted by Gasteiger charge is 2.18. The smallest absolute Gasteiger partial charge is 0.131 e. The summed E-state index contributed by atoms with van der Waals surface area (Å²) in [5, 5.41) is 10.3. The Kier molecular flexibility index (Phi) is 3.47. The number of fused-ring (bicyclic) bond motifs is 1. The van der Waals surface area contributed by atoms with Crippen molar-refractivity contribution in [3.05, 3.63) is 65.2 Å². The maximum absolute atomic E-state index is 14.1. The second kappa shape index (κ2) is 5.30. The van der Waals surface area contributed by atoms with Crippen molar-refractivity contribution in [2.75, 3.05) is 0 Å². The minimum atomic E-state index is -0.902. The van der Waals surface area contributed by atoms with E-state index in [4.69, 9.17) is 0 Å². The van der Waals surface area contributed by atoms with Gasteiger partial charge in [0.2, 0.25) is 0 Å². The highest BCUT2D eigenvalue weighted by Crippen LogP contribution is 2.24. The van der Waals surface area contributed by atoms with Crippen molar-refractivity contribution in [3.63, 3.8) is 0 Å². The highest BCUT2D eigenvalue weighted by molar-refractivity contribution is 5.75. The average molecular weight is 284 g/mol. The van der Waals surface area contributed by atoms with Gasteiger partial charge in [0.25, 0.3) is 0 Å². The van der Waals surface area contributed by atoms with E-state index in [0.717, 1.165) is 16.9 Å². The molecule has 1 aromatic heterocycles. The molecule has 0 bridgehead atoms. The van der Waals surface area contributed by atoms with Crippen LogP contribution in [0.15, 0.2) is 42.5 Å². The van der Waals surface area contributed by atoms with Crippen LogP contribution < -0.4 is 0 Å². The number of nitrogens with zero attached hydrogens (tertiary/aromatic N) is 2. The minimum Gasteiger partial charge on any atom is -0.388 e. The van der Waals surface area contributed by atoms with Gasteiger partial charge >= 0.3 is 0 Å². The third-order valence-electron chi connectivity index (χ3n) is 3.84. The zero-order chi connectivity index (χ0) is 15.0. The van der Waals surface area contributed by atoms with Gasteiger partial charge in [0.05, 0.1) is 17.1 Å². The molecule has 2 aromatic carbocycles. The number of aromatic nitrogens is 2. The summed E-state index contributed by atoms with van der Waals surface area (Å²) in [6, 6.07) is 12.9. The molecule has 0 saturated carbocycles. The summed E-state index contributed by atoms with van der Waals surface area (Å²) < 4.78 is 16.0. The van der Waals surface area contributed by atoms with E-state index in [9.17, 15) is 9.50 Å². The predicted octanol–water partition coefficient (Wildman–Crippen LogP) is 3.30. The molecule has 1 atom stereocenters. The molecule has 0 radical (unpaired) electrons. The first-order valence-electron chi connectivity index (χ1n) is 6.91. The van der Waals surface area contributed by atoms with Crippen LogP contribution in [0.4, 0.5) is 4.39 Å². The molecular weight excluding hydrogens is 267 g/mol. The van der Waals surface area contributed by atoms with Crippen molar-refractivity contribution in [2.45, 2.75) is 19.4 Å². The molecule has 0 amide bonds. The van der Waals surface area contributed by atoms with Crippen LogP contribution in [0.1, 0.15) is 23.1 Å². The number of halogens is 1. The lowest BCUT2D eigenvalue weighted by atomic mass is 10.0. The van der Waals surface area contributed by atoms with Gasteiger partial charge in [-0.15, -0.1) is 0 Å². The van der Waals surface area contributed by atoms with E-state index >= 15 is 0 Å². The molecule has 21 heavy (non-hydrogen) atoms. The standard InChI is InChI=1S/C17H17FN2O/c1-11-6-5-7-12(17(11)18)15(21)10-16-19-13-8-3-4-9-14(13)20(16)2/h3-9,15,21H,10H2,1-2H3. The van der Waals surface area contributed by atoms with Gasteiger partial charge in [-0.25, -0.2) is 9.37 Å². The molecule has 0 fully saturated rings. The number of benzene rings is 2. The lowest BCUT2D eigenvalue weighted by Crippen LogP contribution is -2.09. The van der Waals surface area contributed by atoms with Crippen LogP contribution in [-0.2, 0) is 13.5 Å². The Morgan fingerprint density at radius 2 is 1.95 bits per heavy atom. The van der Waals surface area contributed by atoms with Gasteiger partial charge in [0.15, 0.2) is 0 Å². The van der Waals surface area contributed by atoms with Crippen LogP contribution in [0.5, 0.6) is 0 Å². The molecule has 0 aliphatic heterocycles. The average Bonchev–Trinajstić information content (AvgIpc) is 2.79. The zero-order valence-corrected chi connectivity index (χ0v) is 12.0. The Morgan fingerprint density at radius 3 is 2.71 bits per heavy atom. The summed E-state index contributed by atoms with van der Waals surface area (Å²) >= 11 is 0. The monoisotopic (exact) mass is 284 g/mol. The maximum Gasteiger partial charge on any atom is 0.131 e. The first kappa shape index (κ1) is 13.8. The summed E-state index contributed by atoms with van der Waals surface area (Å²) in [5.41, 5.74) is 2.75. The highest BCUT2D eigenvalue weighted by atomic mass is 19.1. The second-order valence-corrected chi connectivity index (χ2v) is 5.27. The molecule has 4 heteroatoms. The largest absolute Gasteiger partial charge is 0.388 e. The van der Waals surface area contributed by atoms with Crippen LogP contribution in [0.3, 0.4) is 0 Å². The van der Waals surface area contributed by atoms with Gasteiger partial charge in [0.1, 0.15) is 11.6 Å². The van der Waals surface area contributed by atoms with Crippen LogP contribution in [0.2, 0.25) is 0 Å². The lowest BCUT2D eigenvalue weighted by molar-refractivity contribution is 0.170. The third-order valence-corrected chi connectivity index (χ3v) is 3.84. The van der Waals surface area contributed by atoms with Crippen molar-refractivity contribution in [1.82, 2.24) is 9.55 Å². The topological polar surface area (TPSA) is 38.1 Å². The van der Waals surface area contributed by atoms with Gasteiger partial charge in [-0.1, -0.05) is 30.3 Å². The summed E-state index contributed by atoms with van der Waals surface area (Å²) in [5.74, 6) is 0.397. The van der Waals surface area contributed by atoms with Gasteiger partial charge in [0, 0.05) is 19.0 Å². The van der Waals surface area contributed by atoms with E-state index in [0.29, 0.717) is 11.1 Å². The molecule has 3 nitrogen and oxygen atoms in total. The zero-order valence-electron chi connectivity index (χ0n) is 12.0. The van der Waals surface area contributed by atoms with Crippen molar-refractivity contribution in [2.24, 2.45) is 7.05 Å². The Bertz CT molecular complexity index is 795. The summed E-state index contributed by atoms with van der Waals surface area (Å²) in [4.78, 5) is 4.51. The number of hydrogen-bond acceptors (Lipinski definition) is 2. The first-order chi connectivity index (χ1) is 10.1. The fourth-order valence-electron chi connectivity index (χ4n) is 2.59. The van der Waals surface area contributed by atoms with E-state index in [1.54, 1.807) is 25.1 Å². The van der Waals surface area contributed by atoms with E-state index < -0.39 is 6.10 Å². The van der Waals surface area contributed by atoms with Crippen molar-refractivity contribution in [3.8, 4) is 0 Å². The molecule has 1 N–H and O–H groups in total. The molecule has 1 heterocycles. The quantitative estimate of drug-likeness (QED) is 0.801. The van der Waals surface area contributed by atoms with Crippen LogP contribution >= 0.6 is 0 Å². The Morgan fingerprint density at radius 1 is 1.19 bits per heavy atom. The minimum absolute atomic E-state index is 0.283. The summed E-state index contributed by atoms with van der Waals surface area (Å²) in [6.45, 7) is 1.70. The number of imidazole rings is 1. The van der Waals surface area contributed by atoms with Gasteiger partial charge in [-0.2, -0.15) is 0 Å². The van der Waals surface area contributed by atoms with E-state index in [2.05, 4.69) is 4.98 Å². The summed E-state index contributed by atoms with van der Waals surface area (Å²) in [6.07, 6.45) is -0.619. The maximum atomic E-state index is 14.1. The van der Waals surface area contributed by atoms with Crippen molar-refractivity contribution in [1.29, 1.82) is 0 Å². The van der Waals surface area contributed by atoms with Crippen molar-refractivity contribution < 1.29 is 9.50 Å². The van der Waals surface area contributed by atoms with Gasteiger partial charge in [-0.05, 0) is 24.6 Å². The SMILES string of the molecule is Cc1cccc(C(O)Cc2nc3ccccc3n2C)c1F. The molecule has 108 valence electrons. The molecule has 0 spiro atoms. The predicted molar refractivity (Wildman–Crippen MR) is 80.5 cm³/mol. The molecule has 3 aromatic rings. The Labute approximate surface area is 122 Å². The normalized spacial score (nSPS) is 12.8. The molecular formula is C17H17FN2O. The lowest BCUT2D eigenvalue weighted by Gasteiger charge is -2.13. The van der Waals surface area contributed by atoms with Crippen LogP contribution in [0.25, 0.3) is 11.0 Å². The van der Waals surface area contributed by atoms with E-state index in [-0.39, 0.29) is 12.2 Å². The molecule has 0 saturated heterocycles. The Balaban J connectivity index is 1.94. The van der Waals surface area contributed by atoms with Crippen molar-refractivity contribution >= 4 is 11.0 Å². The van der Waals surface area contributed by atoms with Gasteiger partial charge in [-0.3, -0.25) is 0 Å². The number of rotatable bonds is 3. The first-order valence-corrected chi connectivity index (χ1v) is 6.91. The number of aryl methyl sites for hydroxylation is 2. The third kappa shape index (κ3) is 2.43. The van der Waals surface area contributed by atoms with Crippen LogP contribution in [0, 0.1) is 12.7 Å². The fourth-order valence-corrected chi connectivity index (χ4v) is 2.59. The Hall–Kier alpha value is -2.20. The van der Waals surface area contributed by atoms with E-state index in [1.165, 1.54) is 0 Å².